The Morgan fingerprint density at radius 3 is 2.53 bits per heavy atom. The first-order chi connectivity index (χ1) is 8.91. The second-order valence-electron chi connectivity index (χ2n) is 6.23. The summed E-state index contributed by atoms with van der Waals surface area (Å²) < 4.78 is 0.892. The molecular formula is C15H25ClN2S. The van der Waals surface area contributed by atoms with Gasteiger partial charge in [-0.2, -0.15) is 0 Å². The van der Waals surface area contributed by atoms with Crippen molar-refractivity contribution in [1.82, 2.24) is 10.2 Å². The van der Waals surface area contributed by atoms with Crippen molar-refractivity contribution in [2.24, 2.45) is 0 Å². The van der Waals surface area contributed by atoms with Gasteiger partial charge in [0.1, 0.15) is 0 Å². The normalized spacial score (nSPS) is 22.6. The molecule has 1 aromatic rings. The van der Waals surface area contributed by atoms with E-state index in [1.807, 2.05) is 6.07 Å². The lowest BCUT2D eigenvalue weighted by molar-refractivity contribution is 0.00307. The van der Waals surface area contributed by atoms with Crippen LogP contribution in [0.5, 0.6) is 0 Å². The number of hydrogen-bond donors (Lipinski definition) is 1. The topological polar surface area (TPSA) is 15.3 Å². The molecule has 108 valence electrons. The van der Waals surface area contributed by atoms with Crippen LogP contribution < -0.4 is 5.32 Å². The molecule has 2 nitrogen and oxygen atoms in total. The van der Waals surface area contributed by atoms with E-state index in [-0.39, 0.29) is 11.1 Å². The fraction of sp³-hybridized carbons (Fsp3) is 0.733. The smallest absolute Gasteiger partial charge is 0.0931 e. The molecule has 1 fully saturated rings. The van der Waals surface area contributed by atoms with E-state index >= 15 is 0 Å². The average Bonchev–Trinajstić information content (AvgIpc) is 2.75. The van der Waals surface area contributed by atoms with Crippen LogP contribution >= 0.6 is 22.9 Å². The van der Waals surface area contributed by atoms with Crippen LogP contribution in [0.1, 0.15) is 45.4 Å². The van der Waals surface area contributed by atoms with Gasteiger partial charge in [-0.1, -0.05) is 25.4 Å². The summed E-state index contributed by atoms with van der Waals surface area (Å²) in [4.78, 5) is 4.03. The molecule has 1 aliphatic rings. The largest absolute Gasteiger partial charge is 0.309 e. The zero-order chi connectivity index (χ0) is 14.1. The van der Waals surface area contributed by atoms with Gasteiger partial charge in [-0.15, -0.1) is 11.3 Å². The van der Waals surface area contributed by atoms with E-state index in [0.29, 0.717) is 0 Å². The minimum absolute atomic E-state index is 0.189. The first kappa shape index (κ1) is 15.3. The van der Waals surface area contributed by atoms with Gasteiger partial charge in [0.2, 0.25) is 0 Å². The van der Waals surface area contributed by atoms with Gasteiger partial charge < -0.3 is 5.32 Å². The van der Waals surface area contributed by atoms with Crippen molar-refractivity contribution in [3.05, 3.63) is 21.3 Å². The van der Waals surface area contributed by atoms with Crippen molar-refractivity contribution < 1.29 is 0 Å². The second-order valence-corrected chi connectivity index (χ2v) is 8.03. The maximum absolute atomic E-state index is 6.06. The molecular weight excluding hydrogens is 276 g/mol. The van der Waals surface area contributed by atoms with Crippen LogP contribution in [0.25, 0.3) is 0 Å². The molecule has 1 aliphatic heterocycles. The van der Waals surface area contributed by atoms with Crippen LogP contribution in [0.4, 0.5) is 0 Å². The lowest BCUT2D eigenvalue weighted by Crippen LogP contribution is -2.67. The fourth-order valence-corrected chi connectivity index (χ4v) is 4.12. The van der Waals surface area contributed by atoms with Gasteiger partial charge in [0.25, 0.3) is 0 Å². The Labute approximate surface area is 126 Å². The molecule has 0 aliphatic carbocycles. The van der Waals surface area contributed by atoms with Crippen LogP contribution in [0, 0.1) is 0 Å². The summed E-state index contributed by atoms with van der Waals surface area (Å²) in [5, 5.41) is 3.71. The highest BCUT2D eigenvalue weighted by atomic mass is 35.5. The highest BCUT2D eigenvalue weighted by Crippen LogP contribution is 2.33. The maximum atomic E-state index is 6.06. The van der Waals surface area contributed by atoms with Crippen molar-refractivity contribution in [3.63, 3.8) is 0 Å². The van der Waals surface area contributed by atoms with E-state index in [1.54, 1.807) is 11.3 Å². The molecule has 1 saturated heterocycles. The Morgan fingerprint density at radius 2 is 2.00 bits per heavy atom. The molecule has 0 unspecified atom stereocenters. The summed E-state index contributed by atoms with van der Waals surface area (Å²) >= 11 is 7.77. The number of rotatable bonds is 4. The molecule has 2 rings (SSSR count). The first-order valence-corrected chi connectivity index (χ1v) is 8.34. The van der Waals surface area contributed by atoms with Crippen LogP contribution in [0.15, 0.2) is 12.1 Å². The molecule has 1 N–H and O–H groups in total. The number of hydrogen-bond acceptors (Lipinski definition) is 3. The van der Waals surface area contributed by atoms with Crippen molar-refractivity contribution in [3.8, 4) is 0 Å². The summed E-state index contributed by atoms with van der Waals surface area (Å²) in [7, 11) is 0. The highest BCUT2D eigenvalue weighted by molar-refractivity contribution is 7.16. The summed E-state index contributed by atoms with van der Waals surface area (Å²) in [5.41, 5.74) is 0.473. The Morgan fingerprint density at radius 1 is 1.32 bits per heavy atom. The standard InChI is InChI=1S/C15H25ClN2S/c1-5-15(6-2)10-17-14(3,4)11-18(15)9-12-7-8-13(16)19-12/h7-8,17H,5-6,9-11H2,1-4H3. The summed E-state index contributed by atoms with van der Waals surface area (Å²) in [5.74, 6) is 0. The zero-order valence-corrected chi connectivity index (χ0v) is 14.0. The summed E-state index contributed by atoms with van der Waals surface area (Å²) in [6.07, 6.45) is 2.37. The molecule has 2 heterocycles. The molecule has 0 aromatic carbocycles. The molecule has 4 heteroatoms. The van der Waals surface area contributed by atoms with Crippen LogP contribution in [0.3, 0.4) is 0 Å². The van der Waals surface area contributed by atoms with Gasteiger partial charge in [-0.25, -0.2) is 0 Å². The molecule has 0 amide bonds. The Balaban J connectivity index is 2.20. The van der Waals surface area contributed by atoms with E-state index in [0.717, 1.165) is 24.0 Å². The number of halogens is 1. The minimum Gasteiger partial charge on any atom is -0.309 e. The predicted molar refractivity (Wildman–Crippen MR) is 85.1 cm³/mol. The third-order valence-corrected chi connectivity index (χ3v) is 5.66. The van der Waals surface area contributed by atoms with Crippen LogP contribution in [0.2, 0.25) is 4.34 Å². The Hall–Kier alpha value is -0.0900. The molecule has 0 atom stereocenters. The molecule has 0 spiro atoms. The molecule has 19 heavy (non-hydrogen) atoms. The highest BCUT2D eigenvalue weighted by Gasteiger charge is 2.41. The third-order valence-electron chi connectivity index (χ3n) is 4.44. The molecule has 0 bridgehead atoms. The van der Waals surface area contributed by atoms with E-state index in [9.17, 15) is 0 Å². The first-order valence-electron chi connectivity index (χ1n) is 7.15. The van der Waals surface area contributed by atoms with E-state index in [4.69, 9.17) is 11.6 Å². The lowest BCUT2D eigenvalue weighted by Gasteiger charge is -2.52. The number of nitrogens with one attached hydrogen (secondary N) is 1. The second kappa shape index (κ2) is 5.72. The summed E-state index contributed by atoms with van der Waals surface area (Å²) in [6, 6.07) is 4.17. The van der Waals surface area contributed by atoms with Gasteiger partial charge in [-0.3, -0.25) is 4.90 Å². The molecule has 0 radical (unpaired) electrons. The van der Waals surface area contributed by atoms with Gasteiger partial charge in [0, 0.05) is 35.6 Å². The zero-order valence-electron chi connectivity index (χ0n) is 12.4. The quantitative estimate of drug-likeness (QED) is 0.899. The fourth-order valence-electron chi connectivity index (χ4n) is 3.01. The van der Waals surface area contributed by atoms with Crippen molar-refractivity contribution in [1.29, 1.82) is 0 Å². The average molecular weight is 301 g/mol. The Bertz CT molecular complexity index is 424. The van der Waals surface area contributed by atoms with Crippen molar-refractivity contribution in [2.45, 2.75) is 58.2 Å². The van der Waals surface area contributed by atoms with Gasteiger partial charge in [0.15, 0.2) is 0 Å². The minimum atomic E-state index is 0.189. The van der Waals surface area contributed by atoms with Crippen molar-refractivity contribution in [2.75, 3.05) is 13.1 Å². The van der Waals surface area contributed by atoms with Gasteiger partial charge in [0.05, 0.1) is 4.34 Å². The number of nitrogens with zero attached hydrogens (tertiary/aromatic N) is 1. The SMILES string of the molecule is CCC1(CC)CNC(C)(C)CN1Cc1ccc(Cl)s1. The molecule has 1 aromatic heterocycles. The monoisotopic (exact) mass is 300 g/mol. The van der Waals surface area contributed by atoms with Crippen LogP contribution in [-0.4, -0.2) is 29.1 Å². The van der Waals surface area contributed by atoms with Crippen molar-refractivity contribution >= 4 is 22.9 Å². The van der Waals surface area contributed by atoms with E-state index < -0.39 is 0 Å². The van der Waals surface area contributed by atoms with E-state index in [2.05, 4.69) is 44.0 Å². The van der Waals surface area contributed by atoms with Gasteiger partial charge >= 0.3 is 0 Å². The molecule has 0 saturated carbocycles. The third kappa shape index (κ3) is 3.33. The van der Waals surface area contributed by atoms with Crippen LogP contribution in [-0.2, 0) is 6.54 Å². The lowest BCUT2D eigenvalue weighted by atomic mass is 9.84. The van der Waals surface area contributed by atoms with E-state index in [1.165, 1.54) is 17.7 Å². The maximum Gasteiger partial charge on any atom is 0.0931 e. The van der Waals surface area contributed by atoms with Gasteiger partial charge in [-0.05, 0) is 38.8 Å². The number of piperazine rings is 1. The predicted octanol–water partition coefficient (Wildman–Crippen LogP) is 4.14. The number of thiophene rings is 1. The summed E-state index contributed by atoms with van der Waals surface area (Å²) in [6.45, 7) is 12.4. The Kier molecular flexibility index (Phi) is 4.61.